The van der Waals surface area contributed by atoms with Gasteiger partial charge in [0.1, 0.15) is 0 Å². The molecule has 1 aliphatic heterocycles. The maximum Gasteiger partial charge on any atom is 0.241 e. The molecule has 6 heteroatoms. The Kier molecular flexibility index (Phi) is 4.15. The molecule has 0 aromatic heterocycles. The van der Waals surface area contributed by atoms with Gasteiger partial charge in [0.15, 0.2) is 0 Å². The Morgan fingerprint density at radius 1 is 1.20 bits per heavy atom. The highest BCUT2D eigenvalue weighted by Crippen LogP contribution is 2.22. The highest BCUT2D eigenvalue weighted by molar-refractivity contribution is 7.89. The second-order valence-corrected chi connectivity index (χ2v) is 7.04. The van der Waals surface area contributed by atoms with E-state index in [0.717, 1.165) is 16.7 Å². The zero-order chi connectivity index (χ0) is 14.9. The zero-order valence-corrected chi connectivity index (χ0v) is 12.8. The van der Waals surface area contributed by atoms with Crippen molar-refractivity contribution in [2.45, 2.75) is 44.6 Å². The van der Waals surface area contributed by atoms with Crippen LogP contribution < -0.4 is 10.0 Å². The predicted molar refractivity (Wildman–Crippen MR) is 77.0 cm³/mol. The molecule has 20 heavy (non-hydrogen) atoms. The van der Waals surface area contributed by atoms with Crippen LogP contribution in [0.2, 0.25) is 0 Å². The number of piperidine rings is 1. The number of rotatable bonds is 3. The molecule has 1 saturated heterocycles. The quantitative estimate of drug-likeness (QED) is 0.879. The average molecular weight is 296 g/mol. The van der Waals surface area contributed by atoms with Gasteiger partial charge in [0.2, 0.25) is 15.9 Å². The van der Waals surface area contributed by atoms with Crippen LogP contribution in [0, 0.1) is 20.8 Å². The number of hydrogen-bond acceptors (Lipinski definition) is 3. The van der Waals surface area contributed by atoms with Gasteiger partial charge in [0.25, 0.3) is 0 Å². The van der Waals surface area contributed by atoms with Gasteiger partial charge >= 0.3 is 0 Å². The van der Waals surface area contributed by atoms with Crippen LogP contribution in [0.15, 0.2) is 17.0 Å². The van der Waals surface area contributed by atoms with Crippen molar-refractivity contribution in [3.05, 3.63) is 28.8 Å². The predicted octanol–water partition coefficient (Wildman–Crippen LogP) is 1.17. The van der Waals surface area contributed by atoms with E-state index in [1.165, 1.54) is 0 Å². The van der Waals surface area contributed by atoms with E-state index in [1.54, 1.807) is 13.8 Å². The molecule has 5 nitrogen and oxygen atoms in total. The Balaban J connectivity index is 2.25. The first-order valence-electron chi connectivity index (χ1n) is 6.66. The topological polar surface area (TPSA) is 75.3 Å². The van der Waals surface area contributed by atoms with Crippen molar-refractivity contribution in [1.29, 1.82) is 0 Å². The molecule has 1 fully saturated rings. The van der Waals surface area contributed by atoms with Gasteiger partial charge in [-0.25, -0.2) is 13.1 Å². The number of aryl methyl sites for hydroxylation is 3. The number of nitrogens with one attached hydrogen (secondary N) is 2. The minimum atomic E-state index is -3.56. The van der Waals surface area contributed by atoms with Crippen LogP contribution in [0.4, 0.5) is 0 Å². The molecule has 110 valence electrons. The number of benzene rings is 1. The largest absolute Gasteiger partial charge is 0.355 e. The third-order valence-electron chi connectivity index (χ3n) is 3.46. The fourth-order valence-electron chi connectivity index (χ4n) is 2.70. The second kappa shape index (κ2) is 5.54. The molecule has 2 N–H and O–H groups in total. The number of hydrogen-bond donors (Lipinski definition) is 2. The maximum absolute atomic E-state index is 12.5. The minimum Gasteiger partial charge on any atom is -0.355 e. The highest BCUT2D eigenvalue weighted by atomic mass is 32.2. The SMILES string of the molecule is Cc1cc(C)c(S(=O)(=O)NC2CCC(=O)NC2)c(C)c1. The first-order valence-corrected chi connectivity index (χ1v) is 8.15. The lowest BCUT2D eigenvalue weighted by atomic mass is 10.1. The van der Waals surface area contributed by atoms with Crippen LogP contribution in [0.1, 0.15) is 29.5 Å². The number of sulfonamides is 1. The summed E-state index contributed by atoms with van der Waals surface area (Å²) in [5, 5.41) is 2.68. The minimum absolute atomic E-state index is 0.0249. The maximum atomic E-state index is 12.5. The smallest absolute Gasteiger partial charge is 0.241 e. The van der Waals surface area contributed by atoms with Crippen molar-refractivity contribution in [1.82, 2.24) is 10.0 Å². The van der Waals surface area contributed by atoms with Gasteiger partial charge in [0, 0.05) is 19.0 Å². The summed E-state index contributed by atoms with van der Waals surface area (Å²) < 4.78 is 27.7. The summed E-state index contributed by atoms with van der Waals surface area (Å²) in [6.45, 7) is 5.90. The van der Waals surface area contributed by atoms with Crippen molar-refractivity contribution >= 4 is 15.9 Å². The molecule has 2 rings (SSSR count). The summed E-state index contributed by atoms with van der Waals surface area (Å²) in [4.78, 5) is 11.4. The zero-order valence-electron chi connectivity index (χ0n) is 12.0. The van der Waals surface area contributed by atoms with Crippen LogP contribution in [0.5, 0.6) is 0 Å². The lowest BCUT2D eigenvalue weighted by molar-refractivity contribution is -0.122. The molecule has 0 bridgehead atoms. The van der Waals surface area contributed by atoms with Crippen LogP contribution in [0.25, 0.3) is 0 Å². The van der Waals surface area contributed by atoms with Crippen LogP contribution in [-0.4, -0.2) is 26.9 Å². The molecule has 1 aromatic carbocycles. The molecular weight excluding hydrogens is 276 g/mol. The van der Waals surface area contributed by atoms with Gasteiger partial charge in [-0.15, -0.1) is 0 Å². The van der Waals surface area contributed by atoms with Crippen molar-refractivity contribution < 1.29 is 13.2 Å². The Hall–Kier alpha value is -1.40. The van der Waals surface area contributed by atoms with E-state index in [-0.39, 0.29) is 11.9 Å². The third-order valence-corrected chi connectivity index (χ3v) is 5.29. The second-order valence-electron chi connectivity index (χ2n) is 5.39. The number of carbonyl (C=O) groups excluding carboxylic acids is 1. The van der Waals surface area contributed by atoms with E-state index in [0.29, 0.717) is 24.3 Å². The molecule has 0 radical (unpaired) electrons. The summed E-state index contributed by atoms with van der Waals surface area (Å²) in [5.74, 6) is -0.0249. The summed E-state index contributed by atoms with van der Waals surface area (Å²) in [6, 6.07) is 3.49. The molecule has 1 aliphatic rings. The van der Waals surface area contributed by atoms with Gasteiger partial charge in [-0.2, -0.15) is 0 Å². The summed E-state index contributed by atoms with van der Waals surface area (Å²) in [7, 11) is -3.56. The van der Waals surface area contributed by atoms with E-state index in [4.69, 9.17) is 0 Å². The third kappa shape index (κ3) is 3.19. The molecule has 0 spiro atoms. The van der Waals surface area contributed by atoms with Crippen molar-refractivity contribution in [3.8, 4) is 0 Å². The van der Waals surface area contributed by atoms with E-state index in [9.17, 15) is 13.2 Å². The first kappa shape index (κ1) is 15.0. The average Bonchev–Trinajstić information content (AvgIpc) is 2.30. The van der Waals surface area contributed by atoms with Gasteiger partial charge in [-0.1, -0.05) is 17.7 Å². The van der Waals surface area contributed by atoms with E-state index in [2.05, 4.69) is 10.0 Å². The Labute approximate surface area is 119 Å². The van der Waals surface area contributed by atoms with Crippen LogP contribution in [-0.2, 0) is 14.8 Å². The van der Waals surface area contributed by atoms with Gasteiger partial charge in [0.05, 0.1) is 4.90 Å². The number of carbonyl (C=O) groups is 1. The Morgan fingerprint density at radius 3 is 2.30 bits per heavy atom. The fourth-order valence-corrected chi connectivity index (χ4v) is 4.43. The van der Waals surface area contributed by atoms with Gasteiger partial charge < -0.3 is 5.32 Å². The molecule has 0 saturated carbocycles. The standard InChI is InChI=1S/C14H20N2O3S/c1-9-6-10(2)14(11(3)7-9)20(18,19)16-12-4-5-13(17)15-8-12/h6-7,12,16H,4-5,8H2,1-3H3,(H,15,17). The van der Waals surface area contributed by atoms with E-state index < -0.39 is 10.0 Å². The molecule has 0 aliphatic carbocycles. The summed E-state index contributed by atoms with van der Waals surface area (Å²) in [6.07, 6.45) is 0.897. The molecular formula is C14H20N2O3S. The normalized spacial score (nSPS) is 19.8. The van der Waals surface area contributed by atoms with Crippen LogP contribution in [0.3, 0.4) is 0 Å². The summed E-state index contributed by atoms with van der Waals surface area (Å²) >= 11 is 0. The van der Waals surface area contributed by atoms with E-state index in [1.807, 2.05) is 19.1 Å². The first-order chi connectivity index (χ1) is 9.29. The van der Waals surface area contributed by atoms with E-state index >= 15 is 0 Å². The Morgan fingerprint density at radius 2 is 1.80 bits per heavy atom. The lowest BCUT2D eigenvalue weighted by Gasteiger charge is -2.24. The van der Waals surface area contributed by atoms with Gasteiger partial charge in [-0.3, -0.25) is 4.79 Å². The molecule has 1 atom stereocenters. The van der Waals surface area contributed by atoms with Gasteiger partial charge in [-0.05, 0) is 38.3 Å². The number of amides is 1. The van der Waals surface area contributed by atoms with Crippen molar-refractivity contribution in [2.24, 2.45) is 0 Å². The fraction of sp³-hybridized carbons (Fsp3) is 0.500. The molecule has 1 aromatic rings. The van der Waals surface area contributed by atoms with Crippen LogP contribution >= 0.6 is 0 Å². The van der Waals surface area contributed by atoms with Crippen molar-refractivity contribution in [3.63, 3.8) is 0 Å². The van der Waals surface area contributed by atoms with Crippen molar-refractivity contribution in [2.75, 3.05) is 6.54 Å². The molecule has 1 heterocycles. The highest BCUT2D eigenvalue weighted by Gasteiger charge is 2.26. The molecule has 1 amide bonds. The molecule has 1 unspecified atom stereocenters. The Bertz CT molecular complexity index is 605. The lowest BCUT2D eigenvalue weighted by Crippen LogP contribution is -2.47. The summed E-state index contributed by atoms with van der Waals surface area (Å²) in [5.41, 5.74) is 2.54. The monoisotopic (exact) mass is 296 g/mol.